The Bertz CT molecular complexity index is 1350. The first-order valence-electron chi connectivity index (χ1n) is 12.0. The molecule has 3 heterocycles. The zero-order valence-electron chi connectivity index (χ0n) is 21.7. The molecule has 0 bridgehead atoms. The quantitative estimate of drug-likeness (QED) is 0.194. The summed E-state index contributed by atoms with van der Waals surface area (Å²) in [5.74, 6) is -0.372. The molecular weight excluding hydrogens is 491 g/mol. The van der Waals surface area contributed by atoms with Gasteiger partial charge in [0.25, 0.3) is 0 Å². The van der Waals surface area contributed by atoms with Gasteiger partial charge < -0.3 is 9.84 Å². The van der Waals surface area contributed by atoms with Gasteiger partial charge in [0.15, 0.2) is 0 Å². The highest BCUT2D eigenvalue weighted by molar-refractivity contribution is 7.10. The van der Waals surface area contributed by atoms with Gasteiger partial charge in [-0.25, -0.2) is 14.1 Å². The molecule has 3 aromatic heterocycles. The first-order valence-corrected chi connectivity index (χ1v) is 16.6. The second-order valence-corrected chi connectivity index (χ2v) is 17.2. The molecule has 1 N–H and O–H groups in total. The molecule has 190 valence electrons. The molecule has 6 nitrogen and oxygen atoms in total. The Hall–Kier alpha value is -2.72. The summed E-state index contributed by atoms with van der Waals surface area (Å²) >= 11 is 1.31. The molecule has 0 aliphatic carbocycles. The van der Waals surface area contributed by atoms with Crippen LogP contribution in [0.4, 0.5) is 4.39 Å². The number of aromatic nitrogens is 4. The van der Waals surface area contributed by atoms with E-state index in [1.165, 1.54) is 17.4 Å². The topological polar surface area (TPSA) is 73.1 Å². The van der Waals surface area contributed by atoms with E-state index in [2.05, 4.69) is 29.6 Å². The molecule has 0 aliphatic rings. The zero-order chi connectivity index (χ0) is 26.1. The summed E-state index contributed by atoms with van der Waals surface area (Å²) in [6.45, 7) is 13.3. The summed E-state index contributed by atoms with van der Waals surface area (Å²) in [6, 6.07) is 11.9. The third-order valence-corrected chi connectivity index (χ3v) is 8.55. The molecule has 0 saturated carbocycles. The van der Waals surface area contributed by atoms with E-state index in [1.54, 1.807) is 36.0 Å². The number of ether oxygens (including phenoxy) is 1. The zero-order valence-corrected chi connectivity index (χ0v) is 23.5. The Kier molecular flexibility index (Phi) is 7.56. The van der Waals surface area contributed by atoms with Gasteiger partial charge in [-0.15, -0.1) is 11.3 Å². The van der Waals surface area contributed by atoms with Crippen LogP contribution in [0.3, 0.4) is 0 Å². The summed E-state index contributed by atoms with van der Waals surface area (Å²) in [7, 11) is -1.19. The number of nitrogens with zero attached hydrogens (tertiary/aromatic N) is 4. The van der Waals surface area contributed by atoms with E-state index >= 15 is 0 Å². The van der Waals surface area contributed by atoms with Crippen LogP contribution in [0.25, 0.3) is 33.8 Å². The first-order chi connectivity index (χ1) is 16.9. The highest BCUT2D eigenvalue weighted by Crippen LogP contribution is 2.35. The smallest absolute Gasteiger partial charge is 0.139 e. The van der Waals surface area contributed by atoms with Gasteiger partial charge in [-0.1, -0.05) is 31.8 Å². The van der Waals surface area contributed by atoms with Crippen LogP contribution in [0.5, 0.6) is 0 Å². The molecule has 0 aliphatic heterocycles. The molecule has 0 amide bonds. The van der Waals surface area contributed by atoms with Gasteiger partial charge in [0.1, 0.15) is 28.9 Å². The summed E-state index contributed by atoms with van der Waals surface area (Å²) in [5.41, 5.74) is 3.76. The molecule has 0 unspecified atom stereocenters. The van der Waals surface area contributed by atoms with Crippen LogP contribution in [0, 0.1) is 12.7 Å². The van der Waals surface area contributed by atoms with Crippen LogP contribution in [-0.4, -0.2) is 39.5 Å². The van der Waals surface area contributed by atoms with Crippen molar-refractivity contribution in [1.82, 2.24) is 19.7 Å². The number of hydrogen-bond acceptors (Lipinski definition) is 6. The van der Waals surface area contributed by atoms with Crippen LogP contribution in [0.2, 0.25) is 25.7 Å². The van der Waals surface area contributed by atoms with Crippen LogP contribution in [0.1, 0.15) is 24.5 Å². The minimum absolute atomic E-state index is 0.332. The summed E-state index contributed by atoms with van der Waals surface area (Å²) in [6.07, 6.45) is 1.92. The van der Waals surface area contributed by atoms with E-state index < -0.39 is 13.7 Å². The van der Waals surface area contributed by atoms with Gasteiger partial charge in [0, 0.05) is 43.1 Å². The third kappa shape index (κ3) is 6.33. The minimum atomic E-state index is -1.19. The second-order valence-electron chi connectivity index (χ2n) is 10.7. The highest BCUT2D eigenvalue weighted by Gasteiger charge is 2.22. The second kappa shape index (κ2) is 10.3. The minimum Gasteiger partial charge on any atom is -0.383 e. The maximum absolute atomic E-state index is 14.9. The van der Waals surface area contributed by atoms with Crippen molar-refractivity contribution in [1.29, 1.82) is 0 Å². The van der Waals surface area contributed by atoms with E-state index in [-0.39, 0.29) is 5.82 Å². The van der Waals surface area contributed by atoms with Gasteiger partial charge in [0.2, 0.25) is 0 Å². The van der Waals surface area contributed by atoms with Gasteiger partial charge in [0.05, 0.1) is 11.4 Å². The van der Waals surface area contributed by atoms with Crippen LogP contribution >= 0.6 is 11.3 Å². The lowest BCUT2D eigenvalue weighted by atomic mass is 10.0. The SMILES string of the molecule is Cc1cccc(-c2nn(COCC[Si](C)(C)C)cc2-c2ccc(F)c(-c3csc(C(C)(C)O)n3)c2)n1. The van der Waals surface area contributed by atoms with E-state index in [0.29, 0.717) is 35.3 Å². The van der Waals surface area contributed by atoms with Crippen LogP contribution in [0.15, 0.2) is 48.0 Å². The molecule has 0 radical (unpaired) electrons. The average Bonchev–Trinajstić information content (AvgIpc) is 3.44. The molecule has 0 atom stereocenters. The Morgan fingerprint density at radius 2 is 1.86 bits per heavy atom. The first kappa shape index (κ1) is 26.3. The number of aryl methyl sites for hydroxylation is 1. The largest absolute Gasteiger partial charge is 0.383 e. The fourth-order valence-corrected chi connectivity index (χ4v) is 5.27. The molecule has 4 aromatic rings. The van der Waals surface area contributed by atoms with E-state index in [0.717, 1.165) is 28.6 Å². The molecule has 0 fully saturated rings. The molecule has 0 saturated heterocycles. The lowest BCUT2D eigenvalue weighted by Crippen LogP contribution is -2.22. The Balaban J connectivity index is 1.72. The van der Waals surface area contributed by atoms with E-state index in [9.17, 15) is 9.50 Å². The van der Waals surface area contributed by atoms with Crippen molar-refractivity contribution in [2.24, 2.45) is 0 Å². The number of benzene rings is 1. The summed E-state index contributed by atoms with van der Waals surface area (Å²) in [5, 5.41) is 17.4. The number of aliphatic hydroxyl groups is 1. The van der Waals surface area contributed by atoms with Crippen LogP contribution in [-0.2, 0) is 17.1 Å². The lowest BCUT2D eigenvalue weighted by Gasteiger charge is -2.15. The standard InChI is InChI=1S/C27H33FN4O2SSi/c1-18-8-7-9-23(29-18)25-21(15-32(31-25)17-34-12-13-36(4,5)6)19-10-11-22(28)20(14-19)24-16-35-26(30-24)27(2,3)33/h7-11,14-16,33H,12-13,17H2,1-6H3. The maximum atomic E-state index is 14.9. The van der Waals surface area contributed by atoms with Gasteiger partial charge >= 0.3 is 0 Å². The normalized spacial score (nSPS) is 12.3. The van der Waals surface area contributed by atoms with Crippen molar-refractivity contribution in [3.63, 3.8) is 0 Å². The fraction of sp³-hybridized carbons (Fsp3) is 0.370. The number of halogens is 1. The molecule has 1 aromatic carbocycles. The third-order valence-electron chi connectivity index (χ3n) is 5.69. The Morgan fingerprint density at radius 3 is 2.53 bits per heavy atom. The van der Waals surface area contributed by atoms with Crippen molar-refractivity contribution >= 4 is 19.4 Å². The number of hydrogen-bond donors (Lipinski definition) is 1. The molecular formula is C27H33FN4O2SSi. The summed E-state index contributed by atoms with van der Waals surface area (Å²) in [4.78, 5) is 9.17. The van der Waals surface area contributed by atoms with Gasteiger partial charge in [-0.2, -0.15) is 5.10 Å². The average molecular weight is 525 g/mol. The number of rotatable bonds is 9. The molecule has 9 heteroatoms. The van der Waals surface area contributed by atoms with Crippen molar-refractivity contribution in [3.05, 3.63) is 64.5 Å². The van der Waals surface area contributed by atoms with Crippen LogP contribution < -0.4 is 0 Å². The highest BCUT2D eigenvalue weighted by atomic mass is 32.1. The molecule has 36 heavy (non-hydrogen) atoms. The summed E-state index contributed by atoms with van der Waals surface area (Å²) < 4.78 is 22.6. The maximum Gasteiger partial charge on any atom is 0.139 e. The molecule has 0 spiro atoms. The predicted molar refractivity (Wildman–Crippen MR) is 146 cm³/mol. The predicted octanol–water partition coefficient (Wildman–Crippen LogP) is 6.72. The monoisotopic (exact) mass is 524 g/mol. The number of thiazole rings is 1. The molecule has 4 rings (SSSR count). The van der Waals surface area contributed by atoms with Crippen molar-refractivity contribution in [2.45, 2.75) is 58.8 Å². The lowest BCUT2D eigenvalue weighted by molar-refractivity contribution is 0.0783. The van der Waals surface area contributed by atoms with E-state index in [4.69, 9.17) is 9.84 Å². The Labute approximate surface area is 216 Å². The van der Waals surface area contributed by atoms with Crippen molar-refractivity contribution < 1.29 is 14.2 Å². The number of pyridine rings is 1. The van der Waals surface area contributed by atoms with Gasteiger partial charge in [-0.3, -0.25) is 4.98 Å². The van der Waals surface area contributed by atoms with E-state index in [1.807, 2.05) is 31.3 Å². The van der Waals surface area contributed by atoms with Crippen molar-refractivity contribution in [3.8, 4) is 33.8 Å². The van der Waals surface area contributed by atoms with Crippen molar-refractivity contribution in [2.75, 3.05) is 6.61 Å². The Morgan fingerprint density at radius 1 is 1.08 bits per heavy atom. The van der Waals surface area contributed by atoms with Gasteiger partial charge in [-0.05, 0) is 56.6 Å². The fourth-order valence-electron chi connectivity index (χ4n) is 3.67.